The van der Waals surface area contributed by atoms with Crippen LogP contribution < -0.4 is 11.2 Å². The van der Waals surface area contributed by atoms with Crippen LogP contribution in [0.4, 0.5) is 0 Å². The van der Waals surface area contributed by atoms with E-state index in [-0.39, 0.29) is 18.0 Å². The van der Waals surface area contributed by atoms with Crippen LogP contribution in [0.3, 0.4) is 0 Å². The second-order valence-corrected chi connectivity index (χ2v) is 4.20. The highest BCUT2D eigenvalue weighted by Gasteiger charge is 2.13. The highest BCUT2D eigenvalue weighted by Crippen LogP contribution is 2.12. The quantitative estimate of drug-likeness (QED) is 0.824. The number of nitrogens with one attached hydrogen (secondary N) is 1. The van der Waals surface area contributed by atoms with Gasteiger partial charge < -0.3 is 5.11 Å². The van der Waals surface area contributed by atoms with E-state index in [9.17, 15) is 14.7 Å². The van der Waals surface area contributed by atoms with Gasteiger partial charge in [-0.2, -0.15) is 0 Å². The Labute approximate surface area is 100 Å². The maximum Gasteiger partial charge on any atom is 0.331 e. The van der Waals surface area contributed by atoms with Crippen LogP contribution in [0.15, 0.2) is 20.5 Å². The number of hydrogen-bond acceptors (Lipinski definition) is 5. The molecule has 0 saturated carbocycles. The number of aromatic hydroxyl groups is 1. The predicted molar refractivity (Wildman–Crippen MR) is 63.6 cm³/mol. The summed E-state index contributed by atoms with van der Waals surface area (Å²) in [4.78, 5) is 29.2. The maximum absolute atomic E-state index is 11.6. The maximum atomic E-state index is 11.6. The van der Waals surface area contributed by atoms with Gasteiger partial charge in [0.15, 0.2) is 0 Å². The third kappa shape index (κ3) is 2.14. The third-order valence-electron chi connectivity index (χ3n) is 2.42. The van der Waals surface area contributed by atoms with Gasteiger partial charge in [0.2, 0.25) is 5.88 Å². The molecule has 0 amide bonds. The monoisotopic (exact) mass is 253 g/mol. The molecule has 0 fully saturated rings. The summed E-state index contributed by atoms with van der Waals surface area (Å²) in [6, 6.07) is 0. The van der Waals surface area contributed by atoms with Crippen LogP contribution in [0.2, 0.25) is 0 Å². The molecule has 17 heavy (non-hydrogen) atoms. The highest BCUT2D eigenvalue weighted by atomic mass is 32.1. The van der Waals surface area contributed by atoms with E-state index >= 15 is 0 Å². The Morgan fingerprint density at radius 1 is 1.53 bits per heavy atom. The summed E-state index contributed by atoms with van der Waals surface area (Å²) in [6.07, 6.45) is 0.360. The Balaban J connectivity index is 2.54. The summed E-state index contributed by atoms with van der Waals surface area (Å²) >= 11 is 1.40. The first-order valence-corrected chi connectivity index (χ1v) is 5.99. The highest BCUT2D eigenvalue weighted by molar-refractivity contribution is 7.07. The van der Waals surface area contributed by atoms with E-state index in [4.69, 9.17) is 0 Å². The molecule has 0 aromatic carbocycles. The van der Waals surface area contributed by atoms with Crippen LogP contribution in [0, 0.1) is 0 Å². The van der Waals surface area contributed by atoms with Crippen molar-refractivity contribution < 1.29 is 5.11 Å². The minimum Gasteiger partial charge on any atom is -0.494 e. The molecule has 0 aliphatic rings. The molecule has 2 aromatic heterocycles. The van der Waals surface area contributed by atoms with Crippen LogP contribution in [0.1, 0.15) is 18.2 Å². The summed E-state index contributed by atoms with van der Waals surface area (Å²) in [6.45, 7) is 1.89. The van der Waals surface area contributed by atoms with Gasteiger partial charge in [-0.15, -0.1) is 11.3 Å². The van der Waals surface area contributed by atoms with Crippen molar-refractivity contribution in [3.8, 4) is 5.88 Å². The lowest BCUT2D eigenvalue weighted by molar-refractivity contribution is 0.401. The average Bonchev–Trinajstić information content (AvgIpc) is 2.77. The van der Waals surface area contributed by atoms with E-state index in [0.29, 0.717) is 12.1 Å². The molecule has 0 spiro atoms. The van der Waals surface area contributed by atoms with Crippen molar-refractivity contribution in [2.24, 2.45) is 0 Å². The molecule has 0 unspecified atom stereocenters. The molecule has 6 nitrogen and oxygen atoms in total. The molecule has 0 aliphatic carbocycles. The number of H-pyrrole nitrogens is 1. The van der Waals surface area contributed by atoms with Crippen molar-refractivity contribution in [1.29, 1.82) is 0 Å². The second-order valence-electron chi connectivity index (χ2n) is 3.48. The van der Waals surface area contributed by atoms with Crippen LogP contribution >= 0.6 is 11.3 Å². The van der Waals surface area contributed by atoms with E-state index in [1.165, 1.54) is 11.3 Å². The van der Waals surface area contributed by atoms with Gasteiger partial charge in [-0.3, -0.25) is 14.3 Å². The van der Waals surface area contributed by atoms with Crippen LogP contribution in [0.5, 0.6) is 5.88 Å². The van der Waals surface area contributed by atoms with E-state index < -0.39 is 11.2 Å². The number of rotatable bonds is 3. The lowest BCUT2D eigenvalue weighted by Gasteiger charge is -2.08. The molecule has 2 N–H and O–H groups in total. The van der Waals surface area contributed by atoms with E-state index in [1.54, 1.807) is 17.8 Å². The molecule has 90 valence electrons. The summed E-state index contributed by atoms with van der Waals surface area (Å²) in [5, 5.41) is 11.6. The van der Waals surface area contributed by atoms with Crippen molar-refractivity contribution in [1.82, 2.24) is 14.5 Å². The van der Waals surface area contributed by atoms with Gasteiger partial charge in [-0.25, -0.2) is 9.78 Å². The molecule has 0 saturated heterocycles. The van der Waals surface area contributed by atoms with Crippen LogP contribution in [0.25, 0.3) is 0 Å². The van der Waals surface area contributed by atoms with Crippen LogP contribution in [-0.4, -0.2) is 19.6 Å². The zero-order valence-electron chi connectivity index (χ0n) is 9.14. The van der Waals surface area contributed by atoms with E-state index in [1.807, 2.05) is 0 Å². The topological polar surface area (TPSA) is 88.0 Å². The van der Waals surface area contributed by atoms with Gasteiger partial charge >= 0.3 is 5.69 Å². The smallest absolute Gasteiger partial charge is 0.331 e. The first kappa shape index (κ1) is 11.6. The summed E-state index contributed by atoms with van der Waals surface area (Å²) < 4.78 is 1.11. The lowest BCUT2D eigenvalue weighted by atomic mass is 10.2. The third-order valence-corrected chi connectivity index (χ3v) is 3.06. The largest absolute Gasteiger partial charge is 0.494 e. The van der Waals surface area contributed by atoms with Crippen LogP contribution in [-0.2, 0) is 13.0 Å². The zero-order chi connectivity index (χ0) is 12.4. The second kappa shape index (κ2) is 4.54. The molecule has 0 radical (unpaired) electrons. The Bertz CT molecular complexity index is 627. The molecule has 2 aromatic rings. The Morgan fingerprint density at radius 3 is 2.88 bits per heavy atom. The molecule has 0 atom stereocenters. The Morgan fingerprint density at radius 2 is 2.29 bits per heavy atom. The normalized spacial score (nSPS) is 10.6. The van der Waals surface area contributed by atoms with Gasteiger partial charge in [-0.1, -0.05) is 6.92 Å². The van der Waals surface area contributed by atoms with Gasteiger partial charge in [-0.05, 0) is 6.42 Å². The summed E-state index contributed by atoms with van der Waals surface area (Å²) in [5.74, 6) is -0.283. The molecule has 2 heterocycles. The van der Waals surface area contributed by atoms with Crippen molar-refractivity contribution >= 4 is 11.3 Å². The lowest BCUT2D eigenvalue weighted by Crippen LogP contribution is -2.32. The fraction of sp³-hybridized carbons (Fsp3) is 0.300. The molecule has 0 bridgehead atoms. The van der Waals surface area contributed by atoms with Crippen molar-refractivity contribution in [2.75, 3.05) is 0 Å². The number of aromatic nitrogens is 3. The zero-order valence-corrected chi connectivity index (χ0v) is 9.95. The number of aromatic amines is 1. The Kier molecular flexibility index (Phi) is 3.10. The first-order valence-electron chi connectivity index (χ1n) is 5.05. The molecule has 7 heteroatoms. The minimum atomic E-state index is -0.627. The van der Waals surface area contributed by atoms with Crippen molar-refractivity contribution in [3.05, 3.63) is 43.0 Å². The fourth-order valence-electron chi connectivity index (χ4n) is 1.54. The first-order chi connectivity index (χ1) is 8.13. The summed E-state index contributed by atoms with van der Waals surface area (Å²) in [5.41, 5.74) is 1.35. The van der Waals surface area contributed by atoms with Crippen molar-refractivity contribution in [2.45, 2.75) is 19.9 Å². The standard InChI is InChI=1S/C10H11N3O3S/c1-2-7-8(14)12-10(16)13(9(7)15)3-6-4-17-5-11-6/h4-5,15H,2-3H2,1H3,(H,12,14,16). The van der Waals surface area contributed by atoms with Gasteiger partial charge in [0, 0.05) is 5.38 Å². The van der Waals surface area contributed by atoms with E-state index in [2.05, 4.69) is 9.97 Å². The van der Waals surface area contributed by atoms with E-state index in [0.717, 1.165) is 4.57 Å². The SMILES string of the molecule is CCc1c(O)n(Cc2cscn2)c(=O)[nH]c1=O. The molecular weight excluding hydrogens is 242 g/mol. The number of thiazole rings is 1. The summed E-state index contributed by atoms with van der Waals surface area (Å²) in [7, 11) is 0. The van der Waals surface area contributed by atoms with Crippen molar-refractivity contribution in [3.63, 3.8) is 0 Å². The number of hydrogen-bond donors (Lipinski definition) is 2. The molecular formula is C10H11N3O3S. The number of nitrogens with zero attached hydrogens (tertiary/aromatic N) is 2. The Hall–Kier alpha value is -1.89. The molecule has 2 rings (SSSR count). The van der Waals surface area contributed by atoms with Gasteiger partial charge in [0.25, 0.3) is 5.56 Å². The average molecular weight is 253 g/mol. The van der Waals surface area contributed by atoms with Gasteiger partial charge in [0.05, 0.1) is 23.3 Å². The minimum absolute atomic E-state index is 0.151. The predicted octanol–water partition coefficient (Wildman–Crippen LogP) is 0.309. The fourth-order valence-corrected chi connectivity index (χ4v) is 2.09. The van der Waals surface area contributed by atoms with Gasteiger partial charge in [0.1, 0.15) is 0 Å². The molecule has 0 aliphatic heterocycles.